The maximum Gasteiger partial charge on any atom is 0.0912 e. The SMILES string of the molecule is CNCC(O)C(c1ccccc1)n1ccc2ccccc21.Cl. The number of hydrogen-bond acceptors (Lipinski definition) is 2. The summed E-state index contributed by atoms with van der Waals surface area (Å²) in [5.74, 6) is 0. The van der Waals surface area contributed by atoms with E-state index in [0.717, 1.165) is 11.1 Å². The van der Waals surface area contributed by atoms with Crippen LogP contribution >= 0.6 is 12.4 Å². The third kappa shape index (κ3) is 3.17. The van der Waals surface area contributed by atoms with Gasteiger partial charge in [0, 0.05) is 18.3 Å². The van der Waals surface area contributed by atoms with E-state index >= 15 is 0 Å². The van der Waals surface area contributed by atoms with Crippen molar-refractivity contribution >= 4 is 23.3 Å². The lowest BCUT2D eigenvalue weighted by molar-refractivity contribution is 0.132. The zero-order valence-electron chi connectivity index (χ0n) is 12.5. The molecule has 2 unspecified atom stereocenters. The topological polar surface area (TPSA) is 37.2 Å². The Morgan fingerprint density at radius 1 is 1.00 bits per heavy atom. The van der Waals surface area contributed by atoms with Crippen LogP contribution in [-0.4, -0.2) is 29.4 Å². The summed E-state index contributed by atoms with van der Waals surface area (Å²) in [4.78, 5) is 0. The molecule has 2 atom stereocenters. The first-order valence-electron chi connectivity index (χ1n) is 7.24. The number of fused-ring (bicyclic) bond motifs is 1. The van der Waals surface area contributed by atoms with E-state index < -0.39 is 6.10 Å². The molecule has 0 saturated carbocycles. The second-order valence-electron chi connectivity index (χ2n) is 5.26. The van der Waals surface area contributed by atoms with Gasteiger partial charge >= 0.3 is 0 Å². The molecule has 0 spiro atoms. The number of aliphatic hydroxyl groups excluding tert-OH is 1. The minimum absolute atomic E-state index is 0. The van der Waals surface area contributed by atoms with Gasteiger partial charge in [-0.2, -0.15) is 0 Å². The van der Waals surface area contributed by atoms with Crippen molar-refractivity contribution in [1.82, 2.24) is 9.88 Å². The van der Waals surface area contributed by atoms with Gasteiger partial charge in [0.1, 0.15) is 0 Å². The van der Waals surface area contributed by atoms with E-state index in [1.165, 1.54) is 5.39 Å². The second-order valence-corrected chi connectivity index (χ2v) is 5.26. The summed E-state index contributed by atoms with van der Waals surface area (Å²) in [5, 5.41) is 14.9. The molecule has 3 nitrogen and oxygen atoms in total. The fourth-order valence-corrected chi connectivity index (χ4v) is 2.89. The first-order valence-corrected chi connectivity index (χ1v) is 7.24. The van der Waals surface area contributed by atoms with Crippen LogP contribution < -0.4 is 5.32 Å². The van der Waals surface area contributed by atoms with E-state index in [1.54, 1.807) is 0 Å². The van der Waals surface area contributed by atoms with Gasteiger partial charge in [-0.15, -0.1) is 12.4 Å². The zero-order valence-corrected chi connectivity index (χ0v) is 13.3. The molecule has 3 rings (SSSR count). The Morgan fingerprint density at radius 3 is 2.41 bits per heavy atom. The van der Waals surface area contributed by atoms with E-state index in [0.29, 0.717) is 6.54 Å². The second kappa shape index (κ2) is 7.45. The molecule has 0 saturated heterocycles. The molecule has 0 bridgehead atoms. The third-order valence-corrected chi connectivity index (χ3v) is 3.85. The predicted molar refractivity (Wildman–Crippen MR) is 93.7 cm³/mol. The smallest absolute Gasteiger partial charge is 0.0912 e. The largest absolute Gasteiger partial charge is 0.389 e. The van der Waals surface area contributed by atoms with Crippen LogP contribution in [0.3, 0.4) is 0 Å². The van der Waals surface area contributed by atoms with Crippen LogP contribution in [0.25, 0.3) is 10.9 Å². The molecule has 0 radical (unpaired) electrons. The Balaban J connectivity index is 0.00000176. The van der Waals surface area contributed by atoms with E-state index in [1.807, 2.05) is 37.4 Å². The molecule has 116 valence electrons. The van der Waals surface area contributed by atoms with Crippen LogP contribution in [0.2, 0.25) is 0 Å². The molecule has 2 aromatic carbocycles. The van der Waals surface area contributed by atoms with Crippen LogP contribution in [0, 0.1) is 0 Å². The van der Waals surface area contributed by atoms with Crippen LogP contribution in [0.1, 0.15) is 11.6 Å². The Labute approximate surface area is 137 Å². The van der Waals surface area contributed by atoms with Crippen molar-refractivity contribution in [2.45, 2.75) is 12.1 Å². The molecule has 1 heterocycles. The molecule has 0 aliphatic carbocycles. The molecule has 0 aliphatic heterocycles. The van der Waals surface area contributed by atoms with Gasteiger partial charge in [0.15, 0.2) is 0 Å². The number of likely N-dealkylation sites (N-methyl/N-ethyl adjacent to an activating group) is 1. The number of para-hydroxylation sites is 1. The normalized spacial score (nSPS) is 13.5. The fraction of sp³-hybridized carbons (Fsp3) is 0.222. The van der Waals surface area contributed by atoms with Gasteiger partial charge in [0.05, 0.1) is 12.1 Å². The lowest BCUT2D eigenvalue weighted by Crippen LogP contribution is -2.33. The number of hydrogen-bond donors (Lipinski definition) is 2. The highest BCUT2D eigenvalue weighted by Crippen LogP contribution is 2.27. The molecule has 2 N–H and O–H groups in total. The average Bonchev–Trinajstić information content (AvgIpc) is 2.93. The van der Waals surface area contributed by atoms with Crippen molar-refractivity contribution < 1.29 is 5.11 Å². The van der Waals surface area contributed by atoms with Gasteiger partial charge in [-0.05, 0) is 30.1 Å². The van der Waals surface area contributed by atoms with Crippen LogP contribution in [-0.2, 0) is 0 Å². The lowest BCUT2D eigenvalue weighted by Gasteiger charge is -2.26. The number of aliphatic hydroxyl groups is 1. The van der Waals surface area contributed by atoms with Crippen molar-refractivity contribution in [1.29, 1.82) is 0 Å². The van der Waals surface area contributed by atoms with Crippen LogP contribution in [0.5, 0.6) is 0 Å². The summed E-state index contributed by atoms with van der Waals surface area (Å²) in [6, 6.07) is 20.4. The van der Waals surface area contributed by atoms with Gasteiger partial charge in [0.25, 0.3) is 0 Å². The van der Waals surface area contributed by atoms with Gasteiger partial charge in [0.2, 0.25) is 0 Å². The summed E-state index contributed by atoms with van der Waals surface area (Å²) in [5.41, 5.74) is 2.25. The van der Waals surface area contributed by atoms with Crippen molar-refractivity contribution in [2.24, 2.45) is 0 Å². The monoisotopic (exact) mass is 316 g/mol. The summed E-state index contributed by atoms with van der Waals surface area (Å²) in [7, 11) is 1.86. The number of aromatic nitrogens is 1. The number of nitrogens with one attached hydrogen (secondary N) is 1. The van der Waals surface area contributed by atoms with E-state index in [9.17, 15) is 5.11 Å². The van der Waals surface area contributed by atoms with Crippen molar-refractivity contribution in [3.63, 3.8) is 0 Å². The Morgan fingerprint density at radius 2 is 1.68 bits per heavy atom. The summed E-state index contributed by atoms with van der Waals surface area (Å²) < 4.78 is 2.16. The predicted octanol–water partition coefficient (Wildman–Crippen LogP) is 3.23. The van der Waals surface area contributed by atoms with E-state index in [2.05, 4.69) is 46.4 Å². The first kappa shape index (κ1) is 16.6. The van der Waals surface area contributed by atoms with E-state index in [-0.39, 0.29) is 18.4 Å². The third-order valence-electron chi connectivity index (χ3n) is 3.85. The maximum atomic E-state index is 10.6. The van der Waals surface area contributed by atoms with Crippen molar-refractivity contribution in [3.05, 3.63) is 72.4 Å². The zero-order chi connectivity index (χ0) is 14.7. The lowest BCUT2D eigenvalue weighted by atomic mass is 10.0. The molecule has 3 aromatic rings. The maximum absolute atomic E-state index is 10.6. The van der Waals surface area contributed by atoms with Crippen molar-refractivity contribution in [2.75, 3.05) is 13.6 Å². The molecule has 22 heavy (non-hydrogen) atoms. The van der Waals surface area contributed by atoms with Crippen LogP contribution in [0.15, 0.2) is 66.9 Å². The molecular weight excluding hydrogens is 296 g/mol. The average molecular weight is 317 g/mol. The minimum atomic E-state index is -0.492. The first-order chi connectivity index (χ1) is 10.3. The Hall–Kier alpha value is -1.81. The molecule has 0 amide bonds. The van der Waals surface area contributed by atoms with Gasteiger partial charge < -0.3 is 15.0 Å². The number of rotatable bonds is 5. The highest BCUT2D eigenvalue weighted by molar-refractivity contribution is 5.85. The van der Waals surface area contributed by atoms with Gasteiger partial charge in [-0.25, -0.2) is 0 Å². The van der Waals surface area contributed by atoms with E-state index in [4.69, 9.17) is 0 Å². The highest BCUT2D eigenvalue weighted by Gasteiger charge is 2.23. The van der Waals surface area contributed by atoms with Crippen molar-refractivity contribution in [3.8, 4) is 0 Å². The number of benzene rings is 2. The summed E-state index contributed by atoms with van der Waals surface area (Å²) in [6.45, 7) is 0.548. The number of halogens is 1. The van der Waals surface area contributed by atoms with Gasteiger partial charge in [-0.3, -0.25) is 0 Å². The quantitative estimate of drug-likeness (QED) is 0.758. The standard InChI is InChI=1S/C18H20N2O.ClH/c1-19-13-17(21)18(15-8-3-2-4-9-15)20-12-11-14-7-5-6-10-16(14)20;/h2-12,17-19,21H,13H2,1H3;1H. The Bertz CT molecular complexity index is 711. The van der Waals surface area contributed by atoms with Crippen LogP contribution in [0.4, 0.5) is 0 Å². The minimum Gasteiger partial charge on any atom is -0.389 e. The summed E-state index contributed by atoms with van der Waals surface area (Å²) >= 11 is 0. The molecular formula is C18H21ClN2O. The molecule has 0 aliphatic rings. The Kier molecular flexibility index (Phi) is 5.61. The molecule has 0 fully saturated rings. The number of nitrogens with zero attached hydrogens (tertiary/aromatic N) is 1. The molecule has 1 aromatic heterocycles. The summed E-state index contributed by atoms with van der Waals surface area (Å²) in [6.07, 6.45) is 1.56. The highest BCUT2D eigenvalue weighted by atomic mass is 35.5. The van der Waals surface area contributed by atoms with Gasteiger partial charge in [-0.1, -0.05) is 48.5 Å². The molecule has 4 heteroatoms. The fourth-order valence-electron chi connectivity index (χ4n) is 2.89.